The van der Waals surface area contributed by atoms with E-state index in [1.807, 2.05) is 20.8 Å². The zero-order chi connectivity index (χ0) is 26.8. The Labute approximate surface area is 211 Å². The molecule has 0 aliphatic rings. The van der Waals surface area contributed by atoms with Crippen molar-refractivity contribution in [3.63, 3.8) is 0 Å². The summed E-state index contributed by atoms with van der Waals surface area (Å²) >= 11 is 0. The molecule has 0 fully saturated rings. The van der Waals surface area contributed by atoms with Gasteiger partial charge >= 0.3 is 6.09 Å². The first kappa shape index (κ1) is 30.0. The molecule has 0 spiro atoms. The molecule has 1 rings (SSSR count). The van der Waals surface area contributed by atoms with Gasteiger partial charge in [0.1, 0.15) is 17.7 Å². The molecule has 3 amide bonds. The van der Waals surface area contributed by atoms with Crippen LogP contribution in [0.5, 0.6) is 0 Å². The first-order valence-corrected chi connectivity index (χ1v) is 12.4. The predicted molar refractivity (Wildman–Crippen MR) is 140 cm³/mol. The van der Waals surface area contributed by atoms with Crippen molar-refractivity contribution >= 4 is 17.9 Å². The summed E-state index contributed by atoms with van der Waals surface area (Å²) in [4.78, 5) is 41.1. The Morgan fingerprint density at radius 1 is 1.03 bits per heavy atom. The molecule has 0 aromatic heterocycles. The van der Waals surface area contributed by atoms with Crippen LogP contribution in [-0.2, 0) is 14.3 Å². The third kappa shape index (κ3) is 10.9. The molecule has 35 heavy (non-hydrogen) atoms. The van der Waals surface area contributed by atoms with Crippen LogP contribution in [-0.4, -0.2) is 46.5 Å². The van der Waals surface area contributed by atoms with Crippen LogP contribution in [0, 0.1) is 12.3 Å². The third-order valence-corrected chi connectivity index (χ3v) is 5.09. The largest absolute Gasteiger partial charge is 0.444 e. The molecular formula is C28H43N3O4. The van der Waals surface area contributed by atoms with Crippen LogP contribution in [0.4, 0.5) is 4.79 Å². The molecule has 2 N–H and O–H groups in total. The number of benzene rings is 1. The summed E-state index contributed by atoms with van der Waals surface area (Å²) < 4.78 is 5.32. The van der Waals surface area contributed by atoms with E-state index >= 15 is 0 Å². The second-order valence-corrected chi connectivity index (χ2v) is 10.9. The van der Waals surface area contributed by atoms with Crippen LogP contribution in [0.25, 0.3) is 0 Å². The monoisotopic (exact) mass is 485 g/mol. The van der Waals surface area contributed by atoms with Crippen LogP contribution in [0.3, 0.4) is 0 Å². The van der Waals surface area contributed by atoms with E-state index in [4.69, 9.17) is 11.2 Å². The van der Waals surface area contributed by atoms with Gasteiger partial charge in [-0.05, 0) is 72.6 Å². The SMILES string of the molecule is C#Cc1ccc(C(C(=O)NC(C)(C)C)N(CCCCCC)C(=O)C(C)NC(=O)OC(C)(C)C)cc1. The number of hydrogen-bond donors (Lipinski definition) is 2. The van der Waals surface area contributed by atoms with Crippen molar-refractivity contribution in [1.29, 1.82) is 0 Å². The highest BCUT2D eigenvalue weighted by Gasteiger charge is 2.35. The fourth-order valence-electron chi connectivity index (χ4n) is 3.54. The second kappa shape index (κ2) is 13.2. The molecule has 2 atom stereocenters. The number of amides is 3. The van der Waals surface area contributed by atoms with E-state index in [-0.39, 0.29) is 11.8 Å². The number of rotatable bonds is 10. The van der Waals surface area contributed by atoms with Gasteiger partial charge in [0.05, 0.1) is 0 Å². The number of carbonyl (C=O) groups excluding carboxylic acids is 3. The maximum Gasteiger partial charge on any atom is 0.408 e. The van der Waals surface area contributed by atoms with E-state index in [2.05, 4.69) is 23.5 Å². The summed E-state index contributed by atoms with van der Waals surface area (Å²) in [6, 6.07) is 5.31. The van der Waals surface area contributed by atoms with Gasteiger partial charge in [-0.3, -0.25) is 9.59 Å². The molecule has 1 aromatic carbocycles. The van der Waals surface area contributed by atoms with E-state index in [0.29, 0.717) is 17.7 Å². The molecule has 194 valence electrons. The zero-order valence-corrected chi connectivity index (χ0v) is 22.7. The zero-order valence-electron chi connectivity index (χ0n) is 22.7. The summed E-state index contributed by atoms with van der Waals surface area (Å²) in [5, 5.41) is 5.63. The van der Waals surface area contributed by atoms with Gasteiger partial charge in [0, 0.05) is 17.6 Å². The molecule has 7 nitrogen and oxygen atoms in total. The topological polar surface area (TPSA) is 87.7 Å². The molecule has 1 aromatic rings. The van der Waals surface area contributed by atoms with Gasteiger partial charge in [0.15, 0.2) is 0 Å². The van der Waals surface area contributed by atoms with Gasteiger partial charge in [-0.15, -0.1) is 6.42 Å². The Hall–Kier alpha value is -3.01. The molecule has 0 saturated heterocycles. The van der Waals surface area contributed by atoms with E-state index in [0.717, 1.165) is 25.7 Å². The number of carbonyl (C=O) groups is 3. The van der Waals surface area contributed by atoms with Crippen molar-refractivity contribution in [2.75, 3.05) is 6.54 Å². The van der Waals surface area contributed by atoms with Crippen molar-refractivity contribution in [2.45, 2.75) is 104 Å². The molecule has 0 aliphatic heterocycles. The first-order valence-electron chi connectivity index (χ1n) is 12.4. The molecule has 0 bridgehead atoms. The minimum Gasteiger partial charge on any atom is -0.444 e. The predicted octanol–water partition coefficient (Wildman–Crippen LogP) is 4.95. The quantitative estimate of drug-likeness (QED) is 0.363. The van der Waals surface area contributed by atoms with Gasteiger partial charge in [-0.2, -0.15) is 0 Å². The fraction of sp³-hybridized carbons (Fsp3) is 0.607. The van der Waals surface area contributed by atoms with Gasteiger partial charge in [-0.25, -0.2) is 4.79 Å². The van der Waals surface area contributed by atoms with Gasteiger partial charge < -0.3 is 20.3 Å². The number of hydrogen-bond acceptors (Lipinski definition) is 4. The second-order valence-electron chi connectivity index (χ2n) is 10.9. The number of ether oxygens (including phenoxy) is 1. The molecule has 2 unspecified atom stereocenters. The van der Waals surface area contributed by atoms with Gasteiger partial charge in [0.2, 0.25) is 11.8 Å². The number of unbranched alkanes of at least 4 members (excludes halogenated alkanes) is 3. The summed E-state index contributed by atoms with van der Waals surface area (Å²) in [7, 11) is 0. The maximum atomic E-state index is 13.7. The number of nitrogens with one attached hydrogen (secondary N) is 2. The van der Waals surface area contributed by atoms with Crippen molar-refractivity contribution < 1.29 is 19.1 Å². The Balaban J connectivity index is 3.36. The van der Waals surface area contributed by atoms with Gasteiger partial charge in [0.25, 0.3) is 0 Å². The first-order chi connectivity index (χ1) is 16.2. The normalized spacial score (nSPS) is 13.2. The maximum absolute atomic E-state index is 13.7. The van der Waals surface area contributed by atoms with E-state index in [9.17, 15) is 14.4 Å². The third-order valence-electron chi connectivity index (χ3n) is 5.09. The molecule has 0 aliphatic carbocycles. The highest BCUT2D eigenvalue weighted by molar-refractivity contribution is 5.92. The number of alkyl carbamates (subject to hydrolysis) is 1. The highest BCUT2D eigenvalue weighted by Crippen LogP contribution is 2.25. The van der Waals surface area contributed by atoms with Crippen molar-refractivity contribution in [1.82, 2.24) is 15.5 Å². The number of terminal acetylenes is 1. The molecule has 7 heteroatoms. The lowest BCUT2D eigenvalue weighted by Crippen LogP contribution is -2.54. The minimum atomic E-state index is -0.883. The van der Waals surface area contributed by atoms with Crippen LogP contribution < -0.4 is 10.6 Å². The van der Waals surface area contributed by atoms with Crippen molar-refractivity contribution in [2.24, 2.45) is 0 Å². The van der Waals surface area contributed by atoms with Crippen LogP contribution >= 0.6 is 0 Å². The summed E-state index contributed by atoms with van der Waals surface area (Å²) in [6.45, 7) is 15.0. The Bertz CT molecular complexity index is 889. The molecule has 0 saturated carbocycles. The lowest BCUT2D eigenvalue weighted by Gasteiger charge is -2.35. The fourth-order valence-corrected chi connectivity index (χ4v) is 3.54. The Morgan fingerprint density at radius 3 is 2.11 bits per heavy atom. The highest BCUT2D eigenvalue weighted by atomic mass is 16.6. The van der Waals surface area contributed by atoms with Gasteiger partial charge in [-0.1, -0.05) is 44.2 Å². The smallest absolute Gasteiger partial charge is 0.408 e. The van der Waals surface area contributed by atoms with Crippen LogP contribution in [0.15, 0.2) is 24.3 Å². The van der Waals surface area contributed by atoms with Crippen LogP contribution in [0.1, 0.15) is 98.2 Å². The molecule has 0 heterocycles. The lowest BCUT2D eigenvalue weighted by atomic mass is 9.99. The lowest BCUT2D eigenvalue weighted by molar-refractivity contribution is -0.142. The molecular weight excluding hydrogens is 442 g/mol. The summed E-state index contributed by atoms with van der Waals surface area (Å²) in [6.07, 6.45) is 8.57. The standard InChI is InChI=1S/C28H43N3O4/c1-10-12-13-14-19-31(25(33)20(3)29-26(34)35-28(7,8)9)23(24(32)30-27(4,5)6)22-17-15-21(11-2)16-18-22/h2,15-18,20,23H,10,12-14,19H2,1,3-9H3,(H,29,34)(H,30,32). The van der Waals surface area contributed by atoms with E-state index in [1.165, 1.54) is 0 Å². The Kier molecular flexibility index (Phi) is 11.3. The number of nitrogens with zero attached hydrogens (tertiary/aromatic N) is 1. The van der Waals surface area contributed by atoms with E-state index in [1.54, 1.807) is 56.9 Å². The van der Waals surface area contributed by atoms with Crippen molar-refractivity contribution in [3.05, 3.63) is 35.4 Å². The summed E-state index contributed by atoms with van der Waals surface area (Å²) in [5.74, 6) is 1.93. The minimum absolute atomic E-state index is 0.292. The van der Waals surface area contributed by atoms with Crippen LogP contribution in [0.2, 0.25) is 0 Å². The Morgan fingerprint density at radius 2 is 1.63 bits per heavy atom. The average molecular weight is 486 g/mol. The average Bonchev–Trinajstić information content (AvgIpc) is 2.72. The van der Waals surface area contributed by atoms with Crippen molar-refractivity contribution in [3.8, 4) is 12.3 Å². The summed E-state index contributed by atoms with van der Waals surface area (Å²) in [5.41, 5.74) is 0.148. The molecule has 0 radical (unpaired) electrons. The van der Waals surface area contributed by atoms with E-state index < -0.39 is 29.3 Å².